The van der Waals surface area contributed by atoms with Crippen LogP contribution in [-0.4, -0.2) is 25.5 Å². The molecule has 124 valence electrons. The number of amides is 1. The molecular formula is C18H23ClN2OS. The largest absolute Gasteiger partial charge is 0.351 e. The summed E-state index contributed by atoms with van der Waals surface area (Å²) in [5, 5.41) is 8.49. The standard InChI is InChI=1S/C18H22N2OS.ClH/c1-13-4-6-15(7-5-13)16-8-10-22-17(16)18(21)20-12-14-3-2-9-19-11-14;/h4-8,10,14,19H,2-3,9,11-12H2,1H3,(H,20,21);1H. The molecule has 1 aliphatic rings. The molecule has 1 aliphatic heterocycles. The van der Waals surface area contributed by atoms with Crippen LogP contribution in [0.4, 0.5) is 0 Å². The Kier molecular flexibility index (Phi) is 6.63. The molecule has 3 rings (SSSR count). The van der Waals surface area contributed by atoms with Crippen LogP contribution in [0, 0.1) is 12.8 Å². The highest BCUT2D eigenvalue weighted by molar-refractivity contribution is 7.12. The molecule has 0 saturated carbocycles. The van der Waals surface area contributed by atoms with Gasteiger partial charge in [-0.2, -0.15) is 0 Å². The zero-order valence-corrected chi connectivity index (χ0v) is 14.9. The molecule has 0 spiro atoms. The molecule has 0 radical (unpaired) electrons. The number of nitrogens with one attached hydrogen (secondary N) is 2. The van der Waals surface area contributed by atoms with Crippen molar-refractivity contribution in [3.8, 4) is 11.1 Å². The first-order valence-electron chi connectivity index (χ1n) is 7.87. The van der Waals surface area contributed by atoms with Crippen LogP contribution < -0.4 is 10.6 Å². The van der Waals surface area contributed by atoms with Crippen molar-refractivity contribution in [2.45, 2.75) is 19.8 Å². The lowest BCUT2D eigenvalue weighted by Crippen LogP contribution is -2.38. The van der Waals surface area contributed by atoms with Crippen molar-refractivity contribution in [2.24, 2.45) is 5.92 Å². The van der Waals surface area contributed by atoms with Crippen LogP contribution in [0.2, 0.25) is 0 Å². The molecule has 2 aromatic rings. The lowest BCUT2D eigenvalue weighted by molar-refractivity contribution is 0.0949. The topological polar surface area (TPSA) is 41.1 Å². The Morgan fingerprint density at radius 2 is 2.09 bits per heavy atom. The molecule has 1 aromatic heterocycles. The SMILES string of the molecule is Cc1ccc(-c2ccsc2C(=O)NCC2CCCNC2)cc1.Cl. The number of halogens is 1. The highest BCUT2D eigenvalue weighted by Crippen LogP contribution is 2.28. The first kappa shape index (κ1) is 18.0. The van der Waals surface area contributed by atoms with E-state index >= 15 is 0 Å². The fraction of sp³-hybridized carbons (Fsp3) is 0.389. The average molecular weight is 351 g/mol. The van der Waals surface area contributed by atoms with Gasteiger partial charge in [-0.05, 0) is 55.8 Å². The molecule has 2 heterocycles. The molecule has 1 amide bonds. The first-order chi connectivity index (χ1) is 10.7. The minimum absolute atomic E-state index is 0. The molecule has 1 atom stereocenters. The van der Waals surface area contributed by atoms with Gasteiger partial charge in [0.2, 0.25) is 0 Å². The van der Waals surface area contributed by atoms with E-state index in [-0.39, 0.29) is 18.3 Å². The van der Waals surface area contributed by atoms with Gasteiger partial charge >= 0.3 is 0 Å². The number of hydrogen-bond donors (Lipinski definition) is 2. The van der Waals surface area contributed by atoms with E-state index in [0.29, 0.717) is 5.92 Å². The lowest BCUT2D eigenvalue weighted by Gasteiger charge is -2.22. The zero-order valence-electron chi connectivity index (χ0n) is 13.3. The summed E-state index contributed by atoms with van der Waals surface area (Å²) in [6, 6.07) is 10.4. The Hall–Kier alpha value is -1.36. The number of hydrogen-bond acceptors (Lipinski definition) is 3. The highest BCUT2D eigenvalue weighted by Gasteiger charge is 2.17. The maximum atomic E-state index is 12.5. The van der Waals surface area contributed by atoms with Crippen LogP contribution >= 0.6 is 23.7 Å². The van der Waals surface area contributed by atoms with Gasteiger partial charge in [0.05, 0.1) is 4.88 Å². The van der Waals surface area contributed by atoms with Crippen LogP contribution in [-0.2, 0) is 0 Å². The average Bonchev–Trinajstić information content (AvgIpc) is 3.04. The van der Waals surface area contributed by atoms with Gasteiger partial charge in [-0.25, -0.2) is 0 Å². The minimum atomic E-state index is 0. The van der Waals surface area contributed by atoms with Crippen LogP contribution in [0.5, 0.6) is 0 Å². The maximum Gasteiger partial charge on any atom is 0.261 e. The number of rotatable bonds is 4. The molecule has 1 saturated heterocycles. The summed E-state index contributed by atoms with van der Waals surface area (Å²) in [7, 11) is 0. The van der Waals surface area contributed by atoms with Gasteiger partial charge in [-0.1, -0.05) is 29.8 Å². The second-order valence-corrected chi connectivity index (χ2v) is 6.87. The Morgan fingerprint density at radius 3 is 2.78 bits per heavy atom. The van der Waals surface area contributed by atoms with Gasteiger partial charge in [0.25, 0.3) is 5.91 Å². The number of thiophene rings is 1. The number of carbonyl (C=O) groups is 1. The molecule has 5 heteroatoms. The summed E-state index contributed by atoms with van der Waals surface area (Å²) >= 11 is 1.52. The maximum absolute atomic E-state index is 12.5. The third kappa shape index (κ3) is 4.56. The Morgan fingerprint density at radius 1 is 1.30 bits per heavy atom. The lowest BCUT2D eigenvalue weighted by atomic mass is 9.99. The normalized spacial score (nSPS) is 17.3. The second-order valence-electron chi connectivity index (χ2n) is 5.95. The fourth-order valence-corrected chi connectivity index (χ4v) is 3.69. The summed E-state index contributed by atoms with van der Waals surface area (Å²) in [5.74, 6) is 0.608. The first-order valence-corrected chi connectivity index (χ1v) is 8.75. The van der Waals surface area contributed by atoms with E-state index in [2.05, 4.69) is 41.8 Å². The number of benzene rings is 1. The quantitative estimate of drug-likeness (QED) is 0.878. The Bertz CT molecular complexity index is 633. The van der Waals surface area contributed by atoms with E-state index in [4.69, 9.17) is 0 Å². The number of piperidine rings is 1. The van der Waals surface area contributed by atoms with E-state index < -0.39 is 0 Å². The van der Waals surface area contributed by atoms with Gasteiger partial charge < -0.3 is 10.6 Å². The molecule has 2 N–H and O–H groups in total. The van der Waals surface area contributed by atoms with E-state index in [1.54, 1.807) is 0 Å². The molecule has 23 heavy (non-hydrogen) atoms. The fourth-order valence-electron chi connectivity index (χ4n) is 2.86. The smallest absolute Gasteiger partial charge is 0.261 e. The molecule has 1 fully saturated rings. The van der Waals surface area contributed by atoms with Gasteiger partial charge in [-0.3, -0.25) is 4.79 Å². The van der Waals surface area contributed by atoms with Gasteiger partial charge in [0.1, 0.15) is 0 Å². The zero-order chi connectivity index (χ0) is 15.4. The van der Waals surface area contributed by atoms with E-state index in [0.717, 1.165) is 35.6 Å². The van der Waals surface area contributed by atoms with Crippen LogP contribution in [0.15, 0.2) is 35.7 Å². The highest BCUT2D eigenvalue weighted by atomic mass is 35.5. The van der Waals surface area contributed by atoms with Crippen molar-refractivity contribution in [3.63, 3.8) is 0 Å². The van der Waals surface area contributed by atoms with E-state index in [1.807, 2.05) is 11.4 Å². The summed E-state index contributed by atoms with van der Waals surface area (Å²) in [5.41, 5.74) is 3.37. The van der Waals surface area contributed by atoms with Gasteiger partial charge in [-0.15, -0.1) is 23.7 Å². The van der Waals surface area contributed by atoms with Gasteiger partial charge in [0.15, 0.2) is 0 Å². The van der Waals surface area contributed by atoms with Crippen molar-refractivity contribution in [1.29, 1.82) is 0 Å². The van der Waals surface area contributed by atoms with Crippen molar-refractivity contribution < 1.29 is 4.79 Å². The van der Waals surface area contributed by atoms with Crippen molar-refractivity contribution in [3.05, 3.63) is 46.2 Å². The van der Waals surface area contributed by atoms with Crippen molar-refractivity contribution >= 4 is 29.7 Å². The van der Waals surface area contributed by atoms with Crippen LogP contribution in [0.25, 0.3) is 11.1 Å². The molecule has 0 aliphatic carbocycles. The molecule has 0 bridgehead atoms. The number of aryl methyl sites for hydroxylation is 1. The summed E-state index contributed by atoms with van der Waals surface area (Å²) in [6.45, 7) is 4.95. The second kappa shape index (κ2) is 8.48. The summed E-state index contributed by atoms with van der Waals surface area (Å²) in [6.07, 6.45) is 2.40. The minimum Gasteiger partial charge on any atom is -0.351 e. The van der Waals surface area contributed by atoms with Gasteiger partial charge in [0, 0.05) is 12.1 Å². The predicted molar refractivity (Wildman–Crippen MR) is 99.7 cm³/mol. The third-order valence-corrected chi connectivity index (χ3v) is 5.10. The predicted octanol–water partition coefficient (Wildman–Crippen LogP) is 3.87. The number of carbonyl (C=O) groups excluding carboxylic acids is 1. The van der Waals surface area contributed by atoms with Crippen molar-refractivity contribution in [1.82, 2.24) is 10.6 Å². The third-order valence-electron chi connectivity index (χ3n) is 4.18. The monoisotopic (exact) mass is 350 g/mol. The van der Waals surface area contributed by atoms with Crippen LogP contribution in [0.1, 0.15) is 28.1 Å². The summed E-state index contributed by atoms with van der Waals surface area (Å²) in [4.78, 5) is 13.3. The molecule has 1 unspecified atom stereocenters. The van der Waals surface area contributed by atoms with Crippen molar-refractivity contribution in [2.75, 3.05) is 19.6 Å². The van der Waals surface area contributed by atoms with E-state index in [1.165, 1.54) is 29.7 Å². The molecule has 1 aromatic carbocycles. The molecular weight excluding hydrogens is 328 g/mol. The van der Waals surface area contributed by atoms with E-state index in [9.17, 15) is 4.79 Å². The summed E-state index contributed by atoms with van der Waals surface area (Å²) < 4.78 is 0. The molecule has 3 nitrogen and oxygen atoms in total. The Balaban J connectivity index is 0.00000192. The Labute approximate surface area is 147 Å². The van der Waals surface area contributed by atoms with Crippen LogP contribution in [0.3, 0.4) is 0 Å².